The third kappa shape index (κ3) is 4.54. The third-order valence-corrected chi connectivity index (χ3v) is 3.62. The molecule has 0 unspecified atom stereocenters. The fraction of sp³-hybridized carbons (Fsp3) is 0.133. The van der Waals surface area contributed by atoms with Gasteiger partial charge in [-0.05, 0) is 30.7 Å². The number of carbonyl (C=O) groups is 2. The molecule has 21 heavy (non-hydrogen) atoms. The van der Waals surface area contributed by atoms with Crippen LogP contribution in [0.5, 0.6) is 0 Å². The number of carboxylic acid groups (broad SMARTS) is 1. The van der Waals surface area contributed by atoms with E-state index in [-0.39, 0.29) is 5.91 Å². The number of aliphatic carboxylic acids is 1. The van der Waals surface area contributed by atoms with Gasteiger partial charge < -0.3 is 10.4 Å². The van der Waals surface area contributed by atoms with Crippen molar-refractivity contribution in [3.63, 3.8) is 0 Å². The summed E-state index contributed by atoms with van der Waals surface area (Å²) < 4.78 is 0. The molecule has 2 rings (SSSR count). The first-order valence-corrected chi connectivity index (χ1v) is 7.13. The number of aromatic nitrogens is 1. The molecule has 1 aromatic heterocycles. The van der Waals surface area contributed by atoms with Gasteiger partial charge in [-0.2, -0.15) is 0 Å². The maximum absolute atomic E-state index is 12.0. The van der Waals surface area contributed by atoms with E-state index in [0.29, 0.717) is 12.1 Å². The van der Waals surface area contributed by atoms with Gasteiger partial charge in [0.2, 0.25) is 0 Å². The zero-order valence-electron chi connectivity index (χ0n) is 11.4. The molecule has 0 spiro atoms. The molecule has 0 aliphatic heterocycles. The van der Waals surface area contributed by atoms with Crippen LogP contribution in [-0.4, -0.2) is 22.0 Å². The Labute approximate surface area is 126 Å². The minimum atomic E-state index is -1.00. The number of aryl methyl sites for hydroxylation is 1. The molecule has 0 saturated heterocycles. The average molecular weight is 302 g/mol. The zero-order valence-corrected chi connectivity index (χ0v) is 12.2. The summed E-state index contributed by atoms with van der Waals surface area (Å²) in [6, 6.07) is 6.71. The Morgan fingerprint density at radius 2 is 2.05 bits per heavy atom. The van der Waals surface area contributed by atoms with Crippen LogP contribution in [0, 0.1) is 6.92 Å². The lowest BCUT2D eigenvalue weighted by atomic mass is 10.1. The molecule has 108 valence electrons. The Morgan fingerprint density at radius 1 is 1.33 bits per heavy atom. The molecule has 1 amide bonds. The van der Waals surface area contributed by atoms with Gasteiger partial charge in [-0.25, -0.2) is 9.78 Å². The molecule has 1 heterocycles. The molecule has 0 fully saturated rings. The van der Waals surface area contributed by atoms with Crippen molar-refractivity contribution in [1.82, 2.24) is 10.3 Å². The fourth-order valence-electron chi connectivity index (χ4n) is 1.65. The van der Waals surface area contributed by atoms with Crippen molar-refractivity contribution in [2.45, 2.75) is 13.5 Å². The molecule has 0 bridgehead atoms. The smallest absolute Gasteiger partial charge is 0.328 e. The SMILES string of the molecule is Cc1csc(CNC(=O)c2ccc(C=CC(=O)O)cc2)n1. The van der Waals surface area contributed by atoms with Crippen LogP contribution in [0.2, 0.25) is 0 Å². The first-order chi connectivity index (χ1) is 10.0. The normalized spacial score (nSPS) is 10.7. The number of hydrogen-bond acceptors (Lipinski definition) is 4. The minimum Gasteiger partial charge on any atom is -0.478 e. The van der Waals surface area contributed by atoms with Crippen molar-refractivity contribution < 1.29 is 14.7 Å². The molecule has 0 radical (unpaired) electrons. The second kappa shape index (κ2) is 6.81. The number of thiazole rings is 1. The highest BCUT2D eigenvalue weighted by atomic mass is 32.1. The van der Waals surface area contributed by atoms with Gasteiger partial charge in [0, 0.05) is 22.7 Å². The largest absolute Gasteiger partial charge is 0.478 e. The summed E-state index contributed by atoms with van der Waals surface area (Å²) in [6.07, 6.45) is 2.53. The van der Waals surface area contributed by atoms with Crippen molar-refractivity contribution in [3.05, 3.63) is 57.6 Å². The van der Waals surface area contributed by atoms with E-state index in [9.17, 15) is 9.59 Å². The van der Waals surface area contributed by atoms with E-state index >= 15 is 0 Å². The van der Waals surface area contributed by atoms with E-state index in [0.717, 1.165) is 22.3 Å². The fourth-order valence-corrected chi connectivity index (χ4v) is 2.37. The van der Waals surface area contributed by atoms with Gasteiger partial charge in [0.25, 0.3) is 5.91 Å². The quantitative estimate of drug-likeness (QED) is 0.832. The molecule has 2 N–H and O–H groups in total. The summed E-state index contributed by atoms with van der Waals surface area (Å²) in [6.45, 7) is 2.31. The second-order valence-electron chi connectivity index (χ2n) is 4.36. The highest BCUT2D eigenvalue weighted by molar-refractivity contribution is 7.09. The predicted molar refractivity (Wildman–Crippen MR) is 81.1 cm³/mol. The molecule has 2 aromatic rings. The first-order valence-electron chi connectivity index (χ1n) is 6.25. The monoisotopic (exact) mass is 302 g/mol. The molecule has 0 saturated carbocycles. The highest BCUT2D eigenvalue weighted by Gasteiger charge is 2.06. The third-order valence-electron chi connectivity index (χ3n) is 2.66. The number of carboxylic acids is 1. The summed E-state index contributed by atoms with van der Waals surface area (Å²) >= 11 is 1.51. The van der Waals surface area contributed by atoms with Gasteiger partial charge in [-0.3, -0.25) is 4.79 Å². The molecule has 6 heteroatoms. The topological polar surface area (TPSA) is 79.3 Å². The number of amides is 1. The van der Waals surface area contributed by atoms with E-state index in [1.807, 2.05) is 12.3 Å². The van der Waals surface area contributed by atoms with Crippen LogP contribution < -0.4 is 5.32 Å². The predicted octanol–water partition coefficient (Wildman–Crippen LogP) is 2.48. The minimum absolute atomic E-state index is 0.184. The molecular formula is C15H14N2O3S. The van der Waals surface area contributed by atoms with E-state index < -0.39 is 5.97 Å². The van der Waals surface area contributed by atoms with E-state index in [2.05, 4.69) is 10.3 Å². The van der Waals surface area contributed by atoms with Gasteiger partial charge in [-0.1, -0.05) is 12.1 Å². The van der Waals surface area contributed by atoms with Gasteiger partial charge in [-0.15, -0.1) is 11.3 Å². The Morgan fingerprint density at radius 3 is 2.62 bits per heavy atom. The summed E-state index contributed by atoms with van der Waals surface area (Å²) in [5.41, 5.74) is 2.19. The molecular weight excluding hydrogens is 288 g/mol. The molecule has 0 atom stereocenters. The van der Waals surface area contributed by atoms with E-state index in [1.54, 1.807) is 24.3 Å². The Hall–Kier alpha value is -2.47. The lowest BCUT2D eigenvalue weighted by Gasteiger charge is -2.03. The van der Waals surface area contributed by atoms with Crippen molar-refractivity contribution in [2.75, 3.05) is 0 Å². The van der Waals surface area contributed by atoms with Crippen LogP contribution in [0.15, 0.2) is 35.7 Å². The van der Waals surface area contributed by atoms with E-state index in [1.165, 1.54) is 17.4 Å². The Kier molecular flexibility index (Phi) is 4.84. The van der Waals surface area contributed by atoms with Crippen molar-refractivity contribution in [2.24, 2.45) is 0 Å². The molecule has 1 aromatic carbocycles. The van der Waals surface area contributed by atoms with Crippen LogP contribution in [0.25, 0.3) is 6.08 Å². The van der Waals surface area contributed by atoms with Gasteiger partial charge in [0.15, 0.2) is 0 Å². The van der Waals surface area contributed by atoms with E-state index in [4.69, 9.17) is 5.11 Å². The Bertz CT molecular complexity index is 674. The molecule has 0 aliphatic carbocycles. The van der Waals surface area contributed by atoms with Crippen molar-refractivity contribution >= 4 is 29.3 Å². The van der Waals surface area contributed by atoms with Gasteiger partial charge in [0.1, 0.15) is 5.01 Å². The summed E-state index contributed by atoms with van der Waals surface area (Å²) in [4.78, 5) is 26.6. The number of nitrogens with one attached hydrogen (secondary N) is 1. The summed E-state index contributed by atoms with van der Waals surface area (Å²) in [5, 5.41) is 14.1. The van der Waals surface area contributed by atoms with Crippen molar-refractivity contribution in [3.8, 4) is 0 Å². The lowest BCUT2D eigenvalue weighted by Crippen LogP contribution is -2.22. The summed E-state index contributed by atoms with van der Waals surface area (Å²) in [5.74, 6) is -1.19. The number of carbonyl (C=O) groups excluding carboxylic acids is 1. The lowest BCUT2D eigenvalue weighted by molar-refractivity contribution is -0.131. The van der Waals surface area contributed by atoms with Gasteiger partial charge in [0.05, 0.1) is 6.54 Å². The maximum Gasteiger partial charge on any atom is 0.328 e. The van der Waals surface area contributed by atoms with Crippen molar-refractivity contribution in [1.29, 1.82) is 0 Å². The van der Waals surface area contributed by atoms with Crippen LogP contribution >= 0.6 is 11.3 Å². The van der Waals surface area contributed by atoms with Crippen LogP contribution in [0.1, 0.15) is 26.6 Å². The highest BCUT2D eigenvalue weighted by Crippen LogP contribution is 2.09. The van der Waals surface area contributed by atoms with Crippen LogP contribution in [0.3, 0.4) is 0 Å². The standard InChI is InChI=1S/C15H14N2O3S/c1-10-9-21-13(17-10)8-16-15(20)12-5-2-11(3-6-12)4-7-14(18)19/h2-7,9H,8H2,1H3,(H,16,20)(H,18,19). The first kappa shape index (κ1) is 14.9. The van der Waals surface area contributed by atoms with Gasteiger partial charge >= 0.3 is 5.97 Å². The maximum atomic E-state index is 12.0. The zero-order chi connectivity index (χ0) is 15.2. The number of benzene rings is 1. The number of rotatable bonds is 5. The second-order valence-corrected chi connectivity index (χ2v) is 5.30. The molecule has 5 nitrogen and oxygen atoms in total. The van der Waals surface area contributed by atoms with Crippen LogP contribution in [0.4, 0.5) is 0 Å². The summed E-state index contributed by atoms with van der Waals surface area (Å²) in [7, 11) is 0. The van der Waals surface area contributed by atoms with Crippen LogP contribution in [-0.2, 0) is 11.3 Å². The Balaban J connectivity index is 1.95. The number of hydrogen-bond donors (Lipinski definition) is 2. The molecule has 0 aliphatic rings. The number of nitrogens with zero attached hydrogens (tertiary/aromatic N) is 1. The average Bonchev–Trinajstić information content (AvgIpc) is 2.89.